The molecule has 0 spiro atoms. The first-order chi connectivity index (χ1) is 8.78. The van der Waals surface area contributed by atoms with Gasteiger partial charge in [0.1, 0.15) is 0 Å². The molecule has 2 unspecified atom stereocenters. The second kappa shape index (κ2) is 6.47. The van der Waals surface area contributed by atoms with Gasteiger partial charge in [-0.05, 0) is 19.3 Å². The quantitative estimate of drug-likeness (QED) is 0.839. The number of ether oxygens (including phenoxy) is 1. The SMILES string of the molecule is N#CCC(O)Cc1nc(CC2CCCCO2)no1. The van der Waals surface area contributed by atoms with Crippen molar-refractivity contribution in [1.82, 2.24) is 10.1 Å². The Balaban J connectivity index is 1.83. The summed E-state index contributed by atoms with van der Waals surface area (Å²) in [5.41, 5.74) is 0. The van der Waals surface area contributed by atoms with Gasteiger partial charge in [-0.3, -0.25) is 0 Å². The van der Waals surface area contributed by atoms with Crippen molar-refractivity contribution in [3.63, 3.8) is 0 Å². The van der Waals surface area contributed by atoms with E-state index in [4.69, 9.17) is 14.5 Å². The van der Waals surface area contributed by atoms with Crippen molar-refractivity contribution in [3.8, 4) is 6.07 Å². The van der Waals surface area contributed by atoms with Gasteiger partial charge in [0, 0.05) is 13.0 Å². The van der Waals surface area contributed by atoms with Crippen molar-refractivity contribution < 1.29 is 14.4 Å². The number of nitriles is 1. The van der Waals surface area contributed by atoms with Crippen LogP contribution in [0.5, 0.6) is 0 Å². The van der Waals surface area contributed by atoms with Gasteiger partial charge in [-0.1, -0.05) is 5.16 Å². The summed E-state index contributed by atoms with van der Waals surface area (Å²) < 4.78 is 10.6. The van der Waals surface area contributed by atoms with Crippen LogP contribution in [0.25, 0.3) is 0 Å². The Labute approximate surface area is 106 Å². The highest BCUT2D eigenvalue weighted by molar-refractivity contribution is 4.92. The van der Waals surface area contributed by atoms with Crippen LogP contribution in [0.2, 0.25) is 0 Å². The molecule has 1 aromatic rings. The van der Waals surface area contributed by atoms with Gasteiger partial charge in [-0.2, -0.15) is 10.2 Å². The second-order valence-electron chi connectivity index (χ2n) is 4.52. The first kappa shape index (κ1) is 13.0. The third-order valence-electron chi connectivity index (χ3n) is 2.93. The predicted octanol–water partition coefficient (Wildman–Crippen LogP) is 0.998. The van der Waals surface area contributed by atoms with Crippen molar-refractivity contribution in [3.05, 3.63) is 11.7 Å². The molecule has 1 saturated heterocycles. The molecule has 1 fully saturated rings. The normalized spacial score (nSPS) is 21.4. The highest BCUT2D eigenvalue weighted by Gasteiger charge is 2.18. The Bertz CT molecular complexity index is 407. The topological polar surface area (TPSA) is 92.2 Å². The van der Waals surface area contributed by atoms with Crippen molar-refractivity contribution in [2.45, 2.75) is 50.7 Å². The Morgan fingerprint density at radius 1 is 1.50 bits per heavy atom. The van der Waals surface area contributed by atoms with Crippen LogP contribution in [0.1, 0.15) is 37.4 Å². The summed E-state index contributed by atoms with van der Waals surface area (Å²) >= 11 is 0. The number of nitrogens with zero attached hydrogens (tertiary/aromatic N) is 3. The third kappa shape index (κ3) is 3.79. The van der Waals surface area contributed by atoms with E-state index < -0.39 is 6.10 Å². The molecule has 2 rings (SSSR count). The van der Waals surface area contributed by atoms with Crippen molar-refractivity contribution >= 4 is 0 Å². The fraction of sp³-hybridized carbons (Fsp3) is 0.750. The predicted molar refractivity (Wildman–Crippen MR) is 61.5 cm³/mol. The Kier molecular flexibility index (Phi) is 4.67. The van der Waals surface area contributed by atoms with E-state index in [1.807, 2.05) is 6.07 Å². The van der Waals surface area contributed by atoms with Crippen LogP contribution in [-0.2, 0) is 17.6 Å². The average Bonchev–Trinajstić information content (AvgIpc) is 2.78. The van der Waals surface area contributed by atoms with Gasteiger partial charge in [-0.25, -0.2) is 0 Å². The molecule has 0 amide bonds. The molecule has 6 heteroatoms. The van der Waals surface area contributed by atoms with E-state index in [0.29, 0.717) is 18.1 Å². The summed E-state index contributed by atoms with van der Waals surface area (Å²) in [5, 5.41) is 21.8. The minimum absolute atomic E-state index is 0.0729. The molecular weight excluding hydrogens is 234 g/mol. The highest BCUT2D eigenvalue weighted by atomic mass is 16.5. The molecule has 0 bridgehead atoms. The Morgan fingerprint density at radius 2 is 2.39 bits per heavy atom. The molecule has 1 aliphatic heterocycles. The zero-order valence-corrected chi connectivity index (χ0v) is 10.2. The summed E-state index contributed by atoms with van der Waals surface area (Å²) in [5.74, 6) is 0.990. The number of hydrogen-bond acceptors (Lipinski definition) is 6. The van der Waals surface area contributed by atoms with Crippen LogP contribution in [0.3, 0.4) is 0 Å². The molecule has 6 nitrogen and oxygen atoms in total. The Hall–Kier alpha value is -1.45. The van der Waals surface area contributed by atoms with Gasteiger partial charge in [0.05, 0.1) is 31.1 Å². The number of aliphatic hydroxyl groups excluding tert-OH is 1. The summed E-state index contributed by atoms with van der Waals surface area (Å²) in [6.45, 7) is 0.802. The van der Waals surface area contributed by atoms with E-state index in [1.54, 1.807) is 0 Å². The van der Waals surface area contributed by atoms with Crippen LogP contribution in [0, 0.1) is 11.3 Å². The maximum Gasteiger partial charge on any atom is 0.229 e. The Morgan fingerprint density at radius 3 is 3.11 bits per heavy atom. The molecule has 2 heterocycles. The molecule has 1 aliphatic rings. The largest absolute Gasteiger partial charge is 0.392 e. The first-order valence-corrected chi connectivity index (χ1v) is 6.26. The van der Waals surface area contributed by atoms with Gasteiger partial charge in [0.2, 0.25) is 5.89 Å². The molecule has 0 aliphatic carbocycles. The number of hydrogen-bond donors (Lipinski definition) is 1. The molecular formula is C12H17N3O3. The lowest BCUT2D eigenvalue weighted by molar-refractivity contribution is 0.0153. The minimum atomic E-state index is -0.741. The molecule has 0 radical (unpaired) electrons. The number of aliphatic hydroxyl groups is 1. The summed E-state index contributed by atoms with van der Waals surface area (Å²) in [6, 6.07) is 1.90. The van der Waals surface area contributed by atoms with E-state index >= 15 is 0 Å². The van der Waals surface area contributed by atoms with E-state index in [9.17, 15) is 5.11 Å². The van der Waals surface area contributed by atoms with E-state index in [-0.39, 0.29) is 18.9 Å². The highest BCUT2D eigenvalue weighted by Crippen LogP contribution is 2.16. The van der Waals surface area contributed by atoms with Crippen LogP contribution in [0.4, 0.5) is 0 Å². The molecule has 1 aromatic heterocycles. The third-order valence-corrected chi connectivity index (χ3v) is 2.93. The van der Waals surface area contributed by atoms with E-state index in [1.165, 1.54) is 6.42 Å². The summed E-state index contributed by atoms with van der Waals surface area (Å²) in [6.07, 6.45) is 3.71. The van der Waals surface area contributed by atoms with Gasteiger partial charge in [-0.15, -0.1) is 0 Å². The van der Waals surface area contributed by atoms with Gasteiger partial charge in [0.15, 0.2) is 5.82 Å². The van der Waals surface area contributed by atoms with Crippen molar-refractivity contribution in [2.75, 3.05) is 6.61 Å². The van der Waals surface area contributed by atoms with Crippen LogP contribution < -0.4 is 0 Å². The standard InChI is InChI=1S/C12H17N3O3/c13-5-4-9(16)7-12-14-11(15-18-12)8-10-3-1-2-6-17-10/h9-10,16H,1-4,6-8H2. The lowest BCUT2D eigenvalue weighted by Crippen LogP contribution is -2.21. The van der Waals surface area contributed by atoms with Gasteiger partial charge in [0.25, 0.3) is 0 Å². The molecule has 0 saturated carbocycles. The van der Waals surface area contributed by atoms with E-state index in [0.717, 1.165) is 19.4 Å². The fourth-order valence-electron chi connectivity index (χ4n) is 2.01. The average molecular weight is 251 g/mol. The van der Waals surface area contributed by atoms with E-state index in [2.05, 4.69) is 10.1 Å². The maximum absolute atomic E-state index is 9.46. The van der Waals surface area contributed by atoms with Crippen LogP contribution >= 0.6 is 0 Å². The zero-order chi connectivity index (χ0) is 12.8. The van der Waals surface area contributed by atoms with Gasteiger partial charge < -0.3 is 14.4 Å². The lowest BCUT2D eigenvalue weighted by atomic mass is 10.1. The fourth-order valence-corrected chi connectivity index (χ4v) is 2.01. The maximum atomic E-state index is 9.46. The van der Waals surface area contributed by atoms with Gasteiger partial charge >= 0.3 is 0 Å². The van der Waals surface area contributed by atoms with Crippen LogP contribution in [0.15, 0.2) is 4.52 Å². The zero-order valence-electron chi connectivity index (χ0n) is 10.2. The number of aromatic nitrogens is 2. The van der Waals surface area contributed by atoms with Crippen molar-refractivity contribution in [1.29, 1.82) is 5.26 Å². The summed E-state index contributed by atoms with van der Waals surface area (Å²) in [7, 11) is 0. The molecule has 2 atom stereocenters. The molecule has 1 N–H and O–H groups in total. The summed E-state index contributed by atoms with van der Waals surface area (Å²) in [4.78, 5) is 4.20. The first-order valence-electron chi connectivity index (χ1n) is 6.26. The number of rotatable bonds is 5. The minimum Gasteiger partial charge on any atom is -0.392 e. The smallest absolute Gasteiger partial charge is 0.229 e. The molecule has 18 heavy (non-hydrogen) atoms. The van der Waals surface area contributed by atoms with Crippen LogP contribution in [-0.4, -0.2) is 34.1 Å². The second-order valence-corrected chi connectivity index (χ2v) is 4.52. The molecule has 98 valence electrons. The van der Waals surface area contributed by atoms with Crippen molar-refractivity contribution in [2.24, 2.45) is 0 Å². The monoisotopic (exact) mass is 251 g/mol. The lowest BCUT2D eigenvalue weighted by Gasteiger charge is -2.20. The molecule has 0 aromatic carbocycles.